The molecule has 1 spiro atoms. The molecule has 5 heteroatoms. The molecule has 128 valence electrons. The Morgan fingerprint density at radius 2 is 1.92 bits per heavy atom. The number of aryl methyl sites for hydroxylation is 1. The quantitative estimate of drug-likeness (QED) is 0.842. The number of carbonyl (C=O) groups excluding carboxylic acids is 1. The standard InChI is InChI=1S/C20H22N4O/c1-14-5-4-6-15(13-14)19(25)24-11-9-20(10-12-24)22-17-8-3-2-7-16(17)18(21)23-20/h2-8,13,22H,9-12H2,1H3,(H2,21,23). The number of carbonyl (C=O) groups is 1. The summed E-state index contributed by atoms with van der Waals surface area (Å²) in [6.07, 6.45) is 1.50. The lowest BCUT2D eigenvalue weighted by atomic mass is 9.93. The first kappa shape index (κ1) is 15.7. The summed E-state index contributed by atoms with van der Waals surface area (Å²) in [5.74, 6) is 0.666. The summed E-state index contributed by atoms with van der Waals surface area (Å²) in [5, 5.41) is 3.55. The molecule has 2 heterocycles. The second kappa shape index (κ2) is 5.92. The molecule has 2 aliphatic rings. The van der Waals surface area contributed by atoms with E-state index in [9.17, 15) is 4.79 Å². The first-order valence-corrected chi connectivity index (χ1v) is 8.65. The number of para-hydroxylation sites is 1. The van der Waals surface area contributed by atoms with Crippen LogP contribution < -0.4 is 11.1 Å². The monoisotopic (exact) mass is 334 g/mol. The molecule has 4 rings (SSSR count). The highest BCUT2D eigenvalue weighted by Gasteiger charge is 2.38. The maximum atomic E-state index is 12.7. The van der Waals surface area contributed by atoms with E-state index in [4.69, 9.17) is 10.7 Å². The number of hydrogen-bond donors (Lipinski definition) is 2. The Labute approximate surface area is 147 Å². The summed E-state index contributed by atoms with van der Waals surface area (Å²) < 4.78 is 0. The van der Waals surface area contributed by atoms with Gasteiger partial charge in [0.1, 0.15) is 11.5 Å². The van der Waals surface area contributed by atoms with Gasteiger partial charge in [0.15, 0.2) is 0 Å². The topological polar surface area (TPSA) is 70.7 Å². The van der Waals surface area contributed by atoms with E-state index in [0.29, 0.717) is 18.9 Å². The van der Waals surface area contributed by atoms with Gasteiger partial charge in [-0.05, 0) is 31.2 Å². The highest BCUT2D eigenvalue weighted by atomic mass is 16.2. The molecule has 0 aliphatic carbocycles. The highest BCUT2D eigenvalue weighted by molar-refractivity contribution is 6.04. The van der Waals surface area contributed by atoms with E-state index in [0.717, 1.165) is 35.2 Å². The Morgan fingerprint density at radius 1 is 1.16 bits per heavy atom. The number of rotatable bonds is 1. The van der Waals surface area contributed by atoms with Crippen LogP contribution in [-0.2, 0) is 0 Å². The molecular weight excluding hydrogens is 312 g/mol. The molecule has 2 aliphatic heterocycles. The lowest BCUT2D eigenvalue weighted by Gasteiger charge is -2.42. The van der Waals surface area contributed by atoms with Crippen molar-refractivity contribution in [2.75, 3.05) is 18.4 Å². The number of nitrogens with one attached hydrogen (secondary N) is 1. The molecule has 0 radical (unpaired) electrons. The first-order chi connectivity index (χ1) is 12.1. The van der Waals surface area contributed by atoms with Crippen molar-refractivity contribution < 1.29 is 4.79 Å². The largest absolute Gasteiger partial charge is 0.383 e. The van der Waals surface area contributed by atoms with Crippen molar-refractivity contribution in [2.45, 2.75) is 25.4 Å². The van der Waals surface area contributed by atoms with Gasteiger partial charge in [-0.25, -0.2) is 4.99 Å². The third-order valence-electron chi connectivity index (χ3n) is 5.05. The van der Waals surface area contributed by atoms with Gasteiger partial charge >= 0.3 is 0 Å². The van der Waals surface area contributed by atoms with Crippen LogP contribution in [0.3, 0.4) is 0 Å². The third-order valence-corrected chi connectivity index (χ3v) is 5.05. The van der Waals surface area contributed by atoms with E-state index in [1.165, 1.54) is 0 Å². The SMILES string of the molecule is Cc1cccc(C(=O)N2CCC3(CC2)N=C(N)c2ccccc2N3)c1. The van der Waals surface area contributed by atoms with Crippen molar-refractivity contribution in [3.63, 3.8) is 0 Å². The minimum absolute atomic E-state index is 0.0895. The van der Waals surface area contributed by atoms with Gasteiger partial charge in [-0.15, -0.1) is 0 Å². The lowest BCUT2D eigenvalue weighted by molar-refractivity contribution is 0.0685. The molecule has 0 unspecified atom stereocenters. The van der Waals surface area contributed by atoms with Gasteiger partial charge in [-0.2, -0.15) is 0 Å². The molecule has 0 saturated carbocycles. The highest BCUT2D eigenvalue weighted by Crippen LogP contribution is 2.34. The number of amides is 1. The summed E-state index contributed by atoms with van der Waals surface area (Å²) in [6, 6.07) is 15.7. The Kier molecular flexibility index (Phi) is 3.71. The second-order valence-electron chi connectivity index (χ2n) is 6.86. The smallest absolute Gasteiger partial charge is 0.253 e. The van der Waals surface area contributed by atoms with Crippen LogP contribution in [0.5, 0.6) is 0 Å². The van der Waals surface area contributed by atoms with Crippen LogP contribution in [0.15, 0.2) is 53.5 Å². The lowest BCUT2D eigenvalue weighted by Crippen LogP contribution is -2.52. The van der Waals surface area contributed by atoms with Crippen molar-refractivity contribution in [2.24, 2.45) is 10.7 Å². The molecule has 0 bridgehead atoms. The fourth-order valence-corrected chi connectivity index (χ4v) is 3.66. The zero-order valence-corrected chi connectivity index (χ0v) is 14.3. The fourth-order valence-electron chi connectivity index (χ4n) is 3.66. The minimum Gasteiger partial charge on any atom is -0.383 e. The van der Waals surface area contributed by atoms with Crippen molar-refractivity contribution in [3.8, 4) is 0 Å². The van der Waals surface area contributed by atoms with Gasteiger partial charge < -0.3 is 16.0 Å². The number of nitrogens with zero attached hydrogens (tertiary/aromatic N) is 2. The molecule has 0 aromatic heterocycles. The number of likely N-dealkylation sites (tertiary alicyclic amines) is 1. The number of hydrogen-bond acceptors (Lipinski definition) is 4. The van der Waals surface area contributed by atoms with Crippen LogP contribution in [0.25, 0.3) is 0 Å². The molecule has 1 amide bonds. The Balaban J connectivity index is 1.51. The number of benzene rings is 2. The van der Waals surface area contributed by atoms with Crippen LogP contribution in [-0.4, -0.2) is 35.4 Å². The summed E-state index contributed by atoms with van der Waals surface area (Å²) in [5.41, 5.74) is 9.60. The molecule has 25 heavy (non-hydrogen) atoms. The maximum absolute atomic E-state index is 12.7. The van der Waals surface area contributed by atoms with Gasteiger partial charge in [0.25, 0.3) is 5.91 Å². The van der Waals surface area contributed by atoms with Crippen LogP contribution in [0, 0.1) is 6.92 Å². The zero-order valence-electron chi connectivity index (χ0n) is 14.3. The molecule has 1 fully saturated rings. The first-order valence-electron chi connectivity index (χ1n) is 8.65. The van der Waals surface area contributed by atoms with Gasteiger partial charge in [0.2, 0.25) is 0 Å². The summed E-state index contributed by atoms with van der Waals surface area (Å²) >= 11 is 0. The van der Waals surface area contributed by atoms with E-state index >= 15 is 0 Å². The molecule has 0 atom stereocenters. The summed E-state index contributed by atoms with van der Waals surface area (Å²) in [7, 11) is 0. The number of amidine groups is 1. The fraction of sp³-hybridized carbons (Fsp3) is 0.300. The zero-order chi connectivity index (χ0) is 17.4. The van der Waals surface area contributed by atoms with Crippen molar-refractivity contribution >= 4 is 17.4 Å². The Bertz CT molecular complexity index is 850. The number of nitrogens with two attached hydrogens (primary N) is 1. The third kappa shape index (κ3) is 2.86. The van der Waals surface area contributed by atoms with Gasteiger partial charge in [-0.3, -0.25) is 4.79 Å². The molecule has 3 N–H and O–H groups in total. The number of piperidine rings is 1. The predicted octanol–water partition coefficient (Wildman–Crippen LogP) is 2.76. The van der Waals surface area contributed by atoms with E-state index in [2.05, 4.69) is 5.32 Å². The van der Waals surface area contributed by atoms with Gasteiger partial charge in [-0.1, -0.05) is 29.8 Å². The van der Waals surface area contributed by atoms with Crippen LogP contribution in [0.2, 0.25) is 0 Å². The van der Waals surface area contributed by atoms with E-state index < -0.39 is 5.66 Å². The van der Waals surface area contributed by atoms with Gasteiger partial charge in [0.05, 0.1) is 0 Å². The van der Waals surface area contributed by atoms with Gasteiger partial charge in [0, 0.05) is 42.7 Å². The molecule has 1 saturated heterocycles. The van der Waals surface area contributed by atoms with Crippen LogP contribution >= 0.6 is 0 Å². The molecular formula is C20H22N4O. The average Bonchev–Trinajstić information content (AvgIpc) is 2.62. The molecule has 5 nitrogen and oxygen atoms in total. The Morgan fingerprint density at radius 3 is 2.68 bits per heavy atom. The summed E-state index contributed by atoms with van der Waals surface area (Å²) in [6.45, 7) is 3.33. The predicted molar refractivity (Wildman–Crippen MR) is 99.8 cm³/mol. The number of fused-ring (bicyclic) bond motifs is 1. The van der Waals surface area contributed by atoms with Crippen molar-refractivity contribution in [1.82, 2.24) is 4.90 Å². The van der Waals surface area contributed by atoms with Crippen molar-refractivity contribution in [1.29, 1.82) is 0 Å². The van der Waals surface area contributed by atoms with Crippen molar-refractivity contribution in [3.05, 3.63) is 65.2 Å². The number of aliphatic imine (C=N–C) groups is 1. The maximum Gasteiger partial charge on any atom is 0.253 e. The van der Waals surface area contributed by atoms with Crippen LogP contribution in [0.4, 0.5) is 5.69 Å². The number of anilines is 1. The second-order valence-corrected chi connectivity index (χ2v) is 6.86. The molecule has 2 aromatic rings. The van der Waals surface area contributed by atoms with Crippen LogP contribution in [0.1, 0.15) is 34.3 Å². The van der Waals surface area contributed by atoms with E-state index in [-0.39, 0.29) is 5.91 Å². The van der Waals surface area contributed by atoms with E-state index in [1.807, 2.05) is 60.4 Å². The summed E-state index contributed by atoms with van der Waals surface area (Å²) in [4.78, 5) is 19.4. The Hall–Kier alpha value is -2.82. The minimum atomic E-state index is -0.401. The molecule has 2 aromatic carbocycles. The normalized spacial score (nSPS) is 18.3. The van der Waals surface area contributed by atoms with E-state index in [1.54, 1.807) is 0 Å². The average molecular weight is 334 g/mol.